The van der Waals surface area contributed by atoms with Crippen molar-refractivity contribution in [1.82, 2.24) is 15.1 Å². The first-order valence-electron chi connectivity index (χ1n) is 6.33. The van der Waals surface area contributed by atoms with Crippen molar-refractivity contribution in [2.45, 2.75) is 6.04 Å². The molecular formula is C14H18N4. The minimum absolute atomic E-state index is 0.405. The third kappa shape index (κ3) is 2.11. The van der Waals surface area contributed by atoms with E-state index in [1.807, 2.05) is 12.4 Å². The highest BCUT2D eigenvalue weighted by Crippen LogP contribution is 2.29. The fourth-order valence-corrected chi connectivity index (χ4v) is 2.59. The van der Waals surface area contributed by atoms with Crippen molar-refractivity contribution in [2.24, 2.45) is 0 Å². The Labute approximate surface area is 107 Å². The van der Waals surface area contributed by atoms with Crippen molar-refractivity contribution in [3.05, 3.63) is 48.3 Å². The first-order chi connectivity index (χ1) is 8.84. The molecule has 18 heavy (non-hydrogen) atoms. The van der Waals surface area contributed by atoms with Gasteiger partial charge >= 0.3 is 0 Å². The van der Waals surface area contributed by atoms with Crippen molar-refractivity contribution in [3.63, 3.8) is 0 Å². The Balaban J connectivity index is 1.92. The number of nitrogens with one attached hydrogen (secondary N) is 1. The maximum absolute atomic E-state index is 4.06. The summed E-state index contributed by atoms with van der Waals surface area (Å²) >= 11 is 0. The Bertz CT molecular complexity index is 480. The van der Waals surface area contributed by atoms with Crippen LogP contribution in [0.15, 0.2) is 42.7 Å². The first-order valence-corrected chi connectivity index (χ1v) is 6.33. The molecule has 1 atom stereocenters. The summed E-state index contributed by atoms with van der Waals surface area (Å²) < 4.78 is 0. The molecule has 0 saturated carbocycles. The number of benzene rings is 1. The predicted molar refractivity (Wildman–Crippen MR) is 72.6 cm³/mol. The summed E-state index contributed by atoms with van der Waals surface area (Å²) in [6.45, 7) is 3.18. The molecule has 1 aromatic heterocycles. The number of hydrogen-bond donors (Lipinski definition) is 1. The average molecular weight is 242 g/mol. The van der Waals surface area contributed by atoms with Gasteiger partial charge in [-0.3, -0.25) is 5.10 Å². The van der Waals surface area contributed by atoms with Crippen LogP contribution in [0.2, 0.25) is 0 Å². The highest BCUT2D eigenvalue weighted by molar-refractivity contribution is 5.46. The van der Waals surface area contributed by atoms with Gasteiger partial charge in [0.2, 0.25) is 0 Å². The summed E-state index contributed by atoms with van der Waals surface area (Å²) in [7, 11) is 2.18. The van der Waals surface area contributed by atoms with Crippen LogP contribution in [-0.2, 0) is 0 Å². The summed E-state index contributed by atoms with van der Waals surface area (Å²) in [5.74, 6) is 0. The van der Waals surface area contributed by atoms with Crippen LogP contribution in [0.4, 0.5) is 5.69 Å². The van der Waals surface area contributed by atoms with E-state index in [2.05, 4.69) is 57.4 Å². The molecule has 1 saturated heterocycles. The molecule has 1 aromatic carbocycles. The van der Waals surface area contributed by atoms with E-state index in [-0.39, 0.29) is 0 Å². The van der Waals surface area contributed by atoms with E-state index >= 15 is 0 Å². The zero-order valence-corrected chi connectivity index (χ0v) is 10.6. The molecule has 4 heteroatoms. The molecule has 2 heterocycles. The van der Waals surface area contributed by atoms with Gasteiger partial charge in [-0.1, -0.05) is 30.3 Å². The minimum atomic E-state index is 0.405. The van der Waals surface area contributed by atoms with E-state index in [9.17, 15) is 0 Å². The van der Waals surface area contributed by atoms with Crippen LogP contribution in [-0.4, -0.2) is 41.8 Å². The lowest BCUT2D eigenvalue weighted by Gasteiger charge is -2.41. The van der Waals surface area contributed by atoms with Crippen molar-refractivity contribution in [2.75, 3.05) is 31.6 Å². The number of anilines is 1. The van der Waals surface area contributed by atoms with Crippen LogP contribution in [0.5, 0.6) is 0 Å². The molecule has 0 radical (unpaired) electrons. The van der Waals surface area contributed by atoms with Gasteiger partial charge in [0, 0.05) is 25.8 Å². The molecule has 1 aliphatic heterocycles. The topological polar surface area (TPSA) is 35.2 Å². The summed E-state index contributed by atoms with van der Waals surface area (Å²) in [4.78, 5) is 4.81. The zero-order valence-electron chi connectivity index (χ0n) is 10.6. The van der Waals surface area contributed by atoms with Crippen LogP contribution in [0.3, 0.4) is 0 Å². The number of hydrogen-bond acceptors (Lipinski definition) is 3. The highest BCUT2D eigenvalue weighted by atomic mass is 15.3. The van der Waals surface area contributed by atoms with E-state index in [0.29, 0.717) is 6.04 Å². The van der Waals surface area contributed by atoms with Crippen molar-refractivity contribution in [1.29, 1.82) is 0 Å². The molecule has 4 nitrogen and oxygen atoms in total. The number of piperazine rings is 1. The Kier molecular flexibility index (Phi) is 3.02. The van der Waals surface area contributed by atoms with Gasteiger partial charge in [-0.15, -0.1) is 0 Å². The molecule has 1 N–H and O–H groups in total. The molecule has 0 spiro atoms. The van der Waals surface area contributed by atoms with Gasteiger partial charge < -0.3 is 9.80 Å². The summed E-state index contributed by atoms with van der Waals surface area (Å²) in [5.41, 5.74) is 2.54. The molecule has 0 amide bonds. The van der Waals surface area contributed by atoms with Gasteiger partial charge in [-0.05, 0) is 12.6 Å². The molecule has 1 fully saturated rings. The SMILES string of the molecule is CN1CCN(c2cn[nH]c2)C(c2ccccc2)C1. The molecule has 2 aromatic rings. The number of likely N-dealkylation sites (N-methyl/N-ethyl adjacent to an activating group) is 1. The summed E-state index contributed by atoms with van der Waals surface area (Å²) in [6, 6.07) is 11.1. The second-order valence-electron chi connectivity index (χ2n) is 4.84. The molecule has 3 rings (SSSR count). The van der Waals surface area contributed by atoms with Crippen molar-refractivity contribution >= 4 is 5.69 Å². The molecular weight excluding hydrogens is 224 g/mol. The minimum Gasteiger partial charge on any atom is -0.359 e. The monoisotopic (exact) mass is 242 g/mol. The van der Waals surface area contributed by atoms with Crippen molar-refractivity contribution < 1.29 is 0 Å². The highest BCUT2D eigenvalue weighted by Gasteiger charge is 2.27. The smallest absolute Gasteiger partial charge is 0.0755 e. The second-order valence-corrected chi connectivity index (χ2v) is 4.84. The van der Waals surface area contributed by atoms with E-state index < -0.39 is 0 Å². The molecule has 94 valence electrons. The fraction of sp³-hybridized carbons (Fsp3) is 0.357. The fourth-order valence-electron chi connectivity index (χ4n) is 2.59. The Hall–Kier alpha value is -1.81. The lowest BCUT2D eigenvalue weighted by atomic mass is 10.0. The zero-order chi connectivity index (χ0) is 12.4. The average Bonchev–Trinajstić information content (AvgIpc) is 2.93. The van der Waals surface area contributed by atoms with Gasteiger partial charge in [0.15, 0.2) is 0 Å². The maximum Gasteiger partial charge on any atom is 0.0755 e. The Morgan fingerprint density at radius 2 is 2.06 bits per heavy atom. The molecule has 1 aliphatic rings. The van der Waals surface area contributed by atoms with Gasteiger partial charge in [0.25, 0.3) is 0 Å². The van der Waals surface area contributed by atoms with Crippen LogP contribution in [0.1, 0.15) is 11.6 Å². The lowest BCUT2D eigenvalue weighted by molar-refractivity contribution is 0.269. The standard InChI is InChI=1S/C14H18N4/c1-17-7-8-18(13-9-15-16-10-13)14(11-17)12-5-3-2-4-6-12/h2-6,9-10,14H,7-8,11H2,1H3,(H,15,16). The van der Waals surface area contributed by atoms with Gasteiger partial charge in [0.1, 0.15) is 0 Å². The van der Waals surface area contributed by atoms with E-state index in [1.54, 1.807) is 0 Å². The first kappa shape index (κ1) is 11.3. The third-order valence-electron chi connectivity index (χ3n) is 3.58. The largest absolute Gasteiger partial charge is 0.359 e. The molecule has 0 aliphatic carbocycles. The van der Waals surface area contributed by atoms with Crippen LogP contribution >= 0.6 is 0 Å². The maximum atomic E-state index is 4.06. The normalized spacial score (nSPS) is 21.2. The number of aromatic amines is 1. The molecule has 1 unspecified atom stereocenters. The van der Waals surface area contributed by atoms with Crippen LogP contribution in [0.25, 0.3) is 0 Å². The van der Waals surface area contributed by atoms with E-state index in [0.717, 1.165) is 19.6 Å². The second kappa shape index (κ2) is 4.82. The summed E-state index contributed by atoms with van der Waals surface area (Å²) in [6.07, 6.45) is 3.88. The van der Waals surface area contributed by atoms with Crippen LogP contribution in [0, 0.1) is 0 Å². The number of aromatic nitrogens is 2. The van der Waals surface area contributed by atoms with E-state index in [1.165, 1.54) is 11.3 Å². The van der Waals surface area contributed by atoms with Gasteiger partial charge in [-0.2, -0.15) is 5.10 Å². The summed E-state index contributed by atoms with van der Waals surface area (Å²) in [5, 5.41) is 6.97. The number of H-pyrrole nitrogens is 1. The lowest BCUT2D eigenvalue weighted by Crippen LogP contribution is -2.46. The Morgan fingerprint density at radius 3 is 2.78 bits per heavy atom. The quantitative estimate of drug-likeness (QED) is 0.873. The van der Waals surface area contributed by atoms with Gasteiger partial charge in [-0.25, -0.2) is 0 Å². The predicted octanol–water partition coefficient (Wildman–Crippen LogP) is 1.90. The number of nitrogens with zero attached hydrogens (tertiary/aromatic N) is 3. The Morgan fingerprint density at radius 1 is 1.22 bits per heavy atom. The molecule has 0 bridgehead atoms. The van der Waals surface area contributed by atoms with E-state index in [4.69, 9.17) is 0 Å². The van der Waals surface area contributed by atoms with Crippen molar-refractivity contribution in [3.8, 4) is 0 Å². The van der Waals surface area contributed by atoms with Gasteiger partial charge in [0.05, 0.1) is 17.9 Å². The van der Waals surface area contributed by atoms with Crippen LogP contribution < -0.4 is 4.90 Å². The number of rotatable bonds is 2. The third-order valence-corrected chi connectivity index (χ3v) is 3.58.